The van der Waals surface area contributed by atoms with E-state index in [-0.39, 0.29) is 6.10 Å². The van der Waals surface area contributed by atoms with Gasteiger partial charge in [-0.2, -0.15) is 0 Å². The molecule has 4 heteroatoms. The molecule has 4 nitrogen and oxygen atoms in total. The Morgan fingerprint density at radius 1 is 1.07 bits per heavy atom. The van der Waals surface area contributed by atoms with Crippen LogP contribution >= 0.6 is 0 Å². The normalized spacial score (nSPS) is 19.5. The minimum atomic E-state index is -0.114. The van der Waals surface area contributed by atoms with Gasteiger partial charge in [0.05, 0.1) is 12.7 Å². The molecule has 2 fully saturated rings. The third-order valence-electron chi connectivity index (χ3n) is 7.16. The van der Waals surface area contributed by atoms with Crippen molar-refractivity contribution in [2.75, 3.05) is 19.7 Å². The molecular weight excluding hydrogens is 372 g/mol. The van der Waals surface area contributed by atoms with Crippen LogP contribution in [-0.4, -0.2) is 40.4 Å². The van der Waals surface area contributed by atoms with Crippen molar-refractivity contribution in [3.8, 4) is 5.75 Å². The van der Waals surface area contributed by atoms with Crippen LogP contribution in [0.25, 0.3) is 10.9 Å². The van der Waals surface area contributed by atoms with Crippen LogP contribution in [0.1, 0.15) is 76.7 Å². The van der Waals surface area contributed by atoms with Crippen LogP contribution in [-0.2, 0) is 13.1 Å². The number of likely N-dealkylation sites (tertiary alicyclic amines) is 1. The third kappa shape index (κ3) is 5.59. The molecule has 1 aliphatic carbocycles. The van der Waals surface area contributed by atoms with E-state index in [4.69, 9.17) is 4.74 Å². The number of aliphatic hydroxyl groups excluding tert-OH is 1. The second-order valence-corrected chi connectivity index (χ2v) is 9.53. The maximum absolute atomic E-state index is 9.85. The molecule has 1 aromatic heterocycles. The van der Waals surface area contributed by atoms with E-state index in [1.807, 2.05) is 0 Å². The van der Waals surface area contributed by atoms with Crippen LogP contribution in [0.5, 0.6) is 5.75 Å². The Morgan fingerprint density at radius 2 is 1.87 bits per heavy atom. The molecule has 0 radical (unpaired) electrons. The van der Waals surface area contributed by atoms with Gasteiger partial charge in [0, 0.05) is 43.3 Å². The third-order valence-corrected chi connectivity index (χ3v) is 7.16. The number of nitrogens with zero attached hydrogens (tertiary/aromatic N) is 2. The van der Waals surface area contributed by atoms with Crippen molar-refractivity contribution >= 4 is 10.9 Å². The minimum absolute atomic E-state index is 0.114. The largest absolute Gasteiger partial charge is 0.494 e. The Bertz CT molecular complexity index is 786. The maximum Gasteiger partial charge on any atom is 0.120 e. The van der Waals surface area contributed by atoms with E-state index in [1.165, 1.54) is 55.0 Å². The molecule has 2 aromatic rings. The highest BCUT2D eigenvalue weighted by Crippen LogP contribution is 2.31. The number of hydrogen-bond acceptors (Lipinski definition) is 3. The summed E-state index contributed by atoms with van der Waals surface area (Å²) in [6, 6.07) is 6.67. The summed E-state index contributed by atoms with van der Waals surface area (Å²) in [6.45, 7) is 7.07. The predicted octanol–water partition coefficient (Wildman–Crippen LogP) is 5.75. The summed E-state index contributed by atoms with van der Waals surface area (Å²) in [5, 5.41) is 11.2. The van der Waals surface area contributed by atoms with Gasteiger partial charge in [0.2, 0.25) is 0 Å². The van der Waals surface area contributed by atoms with Crippen LogP contribution < -0.4 is 4.74 Å². The number of rotatable bonds is 9. The van der Waals surface area contributed by atoms with E-state index in [0.717, 1.165) is 70.1 Å². The molecule has 4 rings (SSSR count). The van der Waals surface area contributed by atoms with Gasteiger partial charge in [0.1, 0.15) is 5.75 Å². The number of ether oxygens (including phenoxy) is 1. The second-order valence-electron chi connectivity index (χ2n) is 9.53. The smallest absolute Gasteiger partial charge is 0.120 e. The first-order chi connectivity index (χ1) is 14.7. The highest BCUT2D eigenvalue weighted by molar-refractivity contribution is 5.85. The molecule has 0 bridgehead atoms. The van der Waals surface area contributed by atoms with E-state index in [2.05, 4.69) is 40.8 Å². The second kappa shape index (κ2) is 10.7. The molecule has 2 heterocycles. The number of fused-ring (bicyclic) bond motifs is 1. The van der Waals surface area contributed by atoms with Crippen molar-refractivity contribution in [3.05, 3.63) is 30.0 Å². The van der Waals surface area contributed by atoms with Crippen LogP contribution in [0.3, 0.4) is 0 Å². The number of aromatic nitrogens is 1. The Morgan fingerprint density at radius 3 is 2.63 bits per heavy atom. The molecule has 1 aliphatic heterocycles. The van der Waals surface area contributed by atoms with Crippen LogP contribution in [0, 0.1) is 5.92 Å². The molecule has 2 aliphatic rings. The van der Waals surface area contributed by atoms with Crippen LogP contribution in [0.2, 0.25) is 0 Å². The summed E-state index contributed by atoms with van der Waals surface area (Å²) in [5.41, 5.74) is 2.76. The SMILES string of the molecule is CCCCOc1ccc2c(c1)c(CN1CCC(O)CC1)cn2CCC1CCCCC1. The van der Waals surface area contributed by atoms with Gasteiger partial charge >= 0.3 is 0 Å². The highest BCUT2D eigenvalue weighted by Gasteiger charge is 2.20. The van der Waals surface area contributed by atoms with Gasteiger partial charge in [-0.15, -0.1) is 0 Å². The standard InChI is InChI=1S/C26H40N2O2/c1-2-3-17-30-24-9-10-26-25(18-24)22(19-27-14-12-23(29)13-15-27)20-28(26)16-11-21-7-5-4-6-8-21/h9-10,18,20-21,23,29H,2-8,11-17,19H2,1H3. The van der Waals surface area contributed by atoms with Gasteiger partial charge in [-0.25, -0.2) is 0 Å². The molecule has 1 saturated carbocycles. The lowest BCUT2D eigenvalue weighted by Crippen LogP contribution is -2.35. The van der Waals surface area contributed by atoms with Crippen molar-refractivity contribution in [2.45, 2.75) is 90.3 Å². The fourth-order valence-electron chi connectivity index (χ4n) is 5.20. The van der Waals surface area contributed by atoms with Gasteiger partial charge in [-0.1, -0.05) is 45.4 Å². The van der Waals surface area contributed by atoms with Crippen LogP contribution in [0.4, 0.5) is 0 Å². The van der Waals surface area contributed by atoms with Crippen molar-refractivity contribution < 1.29 is 9.84 Å². The maximum atomic E-state index is 9.85. The topological polar surface area (TPSA) is 37.6 Å². The summed E-state index contributed by atoms with van der Waals surface area (Å²) < 4.78 is 8.52. The monoisotopic (exact) mass is 412 g/mol. The minimum Gasteiger partial charge on any atom is -0.494 e. The molecule has 0 atom stereocenters. The Balaban J connectivity index is 1.52. The predicted molar refractivity (Wildman–Crippen MR) is 124 cm³/mol. The zero-order chi connectivity index (χ0) is 20.8. The summed E-state index contributed by atoms with van der Waals surface area (Å²) in [7, 11) is 0. The molecule has 166 valence electrons. The number of aryl methyl sites for hydroxylation is 1. The van der Waals surface area contributed by atoms with Gasteiger partial charge in [0.15, 0.2) is 0 Å². The summed E-state index contributed by atoms with van der Waals surface area (Å²) >= 11 is 0. The first-order valence-electron chi connectivity index (χ1n) is 12.4. The summed E-state index contributed by atoms with van der Waals surface area (Å²) in [5.74, 6) is 1.90. The molecule has 30 heavy (non-hydrogen) atoms. The average Bonchev–Trinajstić information content (AvgIpc) is 3.11. The number of benzene rings is 1. The first-order valence-corrected chi connectivity index (χ1v) is 12.4. The van der Waals surface area contributed by atoms with Crippen molar-refractivity contribution in [3.63, 3.8) is 0 Å². The molecule has 0 spiro atoms. The quantitative estimate of drug-likeness (QED) is 0.533. The van der Waals surface area contributed by atoms with Crippen molar-refractivity contribution in [1.29, 1.82) is 0 Å². The first kappa shape index (κ1) is 21.7. The fourth-order valence-corrected chi connectivity index (χ4v) is 5.20. The van der Waals surface area contributed by atoms with Gasteiger partial charge in [-0.3, -0.25) is 4.90 Å². The number of unbranched alkanes of at least 4 members (excludes halogenated alkanes) is 1. The summed E-state index contributed by atoms with van der Waals surface area (Å²) in [6.07, 6.45) is 14.7. The lowest BCUT2D eigenvalue weighted by Gasteiger charge is -2.29. The van der Waals surface area contributed by atoms with E-state index < -0.39 is 0 Å². The Hall–Kier alpha value is -1.52. The number of hydrogen-bond donors (Lipinski definition) is 1. The summed E-state index contributed by atoms with van der Waals surface area (Å²) in [4.78, 5) is 2.50. The number of piperidine rings is 1. The van der Waals surface area contributed by atoms with Crippen LogP contribution in [0.15, 0.2) is 24.4 Å². The molecule has 1 aromatic carbocycles. The molecule has 1 saturated heterocycles. The average molecular weight is 413 g/mol. The fraction of sp³-hybridized carbons (Fsp3) is 0.692. The molecule has 0 amide bonds. The lowest BCUT2D eigenvalue weighted by molar-refractivity contribution is 0.0794. The van der Waals surface area contributed by atoms with E-state index in [0.29, 0.717) is 0 Å². The number of aliphatic hydroxyl groups is 1. The van der Waals surface area contributed by atoms with E-state index in [1.54, 1.807) is 0 Å². The molecular formula is C26H40N2O2. The van der Waals surface area contributed by atoms with Gasteiger partial charge < -0.3 is 14.4 Å². The van der Waals surface area contributed by atoms with E-state index >= 15 is 0 Å². The van der Waals surface area contributed by atoms with E-state index in [9.17, 15) is 5.11 Å². The lowest BCUT2D eigenvalue weighted by atomic mass is 9.87. The zero-order valence-corrected chi connectivity index (χ0v) is 18.8. The molecule has 0 unspecified atom stereocenters. The molecule has 1 N–H and O–H groups in total. The van der Waals surface area contributed by atoms with Gasteiger partial charge in [0.25, 0.3) is 0 Å². The van der Waals surface area contributed by atoms with Gasteiger partial charge in [-0.05, 0) is 55.4 Å². The Labute approximate surface area is 182 Å². The Kier molecular flexibility index (Phi) is 7.72. The van der Waals surface area contributed by atoms with Crippen molar-refractivity contribution in [1.82, 2.24) is 9.47 Å². The highest BCUT2D eigenvalue weighted by atomic mass is 16.5. The zero-order valence-electron chi connectivity index (χ0n) is 18.8. The van der Waals surface area contributed by atoms with Crippen molar-refractivity contribution in [2.24, 2.45) is 5.92 Å².